The second-order valence-electron chi connectivity index (χ2n) is 7.75. The van der Waals surface area contributed by atoms with E-state index in [9.17, 15) is 22.8 Å². The number of fused-ring (bicyclic) bond motifs is 1. The van der Waals surface area contributed by atoms with Gasteiger partial charge in [-0.1, -0.05) is 0 Å². The van der Waals surface area contributed by atoms with Gasteiger partial charge in [-0.05, 0) is 36.8 Å². The maximum Gasteiger partial charge on any atom is 0.433 e. The molecule has 0 bridgehead atoms. The first-order valence-corrected chi connectivity index (χ1v) is 11.2. The number of hydrogen-bond donors (Lipinski definition) is 0. The first-order valence-electron chi connectivity index (χ1n) is 10.4. The number of ether oxygens (including phenoxy) is 2. The Balaban J connectivity index is 1.48. The van der Waals surface area contributed by atoms with Crippen LogP contribution in [-0.2, 0) is 6.18 Å². The highest BCUT2D eigenvalue weighted by molar-refractivity contribution is 7.20. The molecule has 0 aliphatic carbocycles. The number of aromatic nitrogens is 1. The molecule has 3 aromatic rings. The summed E-state index contributed by atoms with van der Waals surface area (Å²) in [5.41, 5.74) is 0.0176. The van der Waals surface area contributed by atoms with E-state index in [-0.39, 0.29) is 16.6 Å². The summed E-state index contributed by atoms with van der Waals surface area (Å²) in [6.45, 7) is 2.95. The van der Waals surface area contributed by atoms with Crippen LogP contribution in [0.1, 0.15) is 31.3 Å². The lowest BCUT2D eigenvalue weighted by atomic mass is 10.1. The lowest BCUT2D eigenvalue weighted by Gasteiger charge is -2.35. The monoisotopic (exact) mass is 493 g/mol. The van der Waals surface area contributed by atoms with Crippen molar-refractivity contribution in [3.05, 3.63) is 52.0 Å². The molecule has 11 heteroatoms. The molecule has 7 nitrogen and oxygen atoms in total. The molecule has 0 unspecified atom stereocenters. The van der Waals surface area contributed by atoms with Crippen molar-refractivity contribution in [3.63, 3.8) is 0 Å². The van der Waals surface area contributed by atoms with Crippen molar-refractivity contribution in [2.45, 2.75) is 13.1 Å². The second kappa shape index (κ2) is 9.13. The number of carbonyl (C=O) groups excluding carboxylic acids is 2. The van der Waals surface area contributed by atoms with Gasteiger partial charge in [0.2, 0.25) is 0 Å². The molecule has 180 valence electrons. The third-order valence-electron chi connectivity index (χ3n) is 5.78. The average Bonchev–Trinajstić information content (AvgIpc) is 3.18. The highest BCUT2D eigenvalue weighted by Crippen LogP contribution is 2.35. The summed E-state index contributed by atoms with van der Waals surface area (Å²) in [4.78, 5) is 33.6. The van der Waals surface area contributed by atoms with Crippen molar-refractivity contribution in [3.8, 4) is 11.5 Å². The number of pyridine rings is 1. The molecule has 0 spiro atoms. The van der Waals surface area contributed by atoms with Gasteiger partial charge < -0.3 is 19.3 Å². The second-order valence-corrected chi connectivity index (χ2v) is 8.75. The summed E-state index contributed by atoms with van der Waals surface area (Å²) < 4.78 is 49.5. The fourth-order valence-electron chi connectivity index (χ4n) is 3.86. The van der Waals surface area contributed by atoms with Crippen molar-refractivity contribution < 1.29 is 32.2 Å². The van der Waals surface area contributed by atoms with E-state index in [1.807, 2.05) is 0 Å². The lowest BCUT2D eigenvalue weighted by Crippen LogP contribution is -2.50. The number of rotatable bonds is 4. The zero-order valence-corrected chi connectivity index (χ0v) is 19.5. The van der Waals surface area contributed by atoms with Gasteiger partial charge in [-0.25, -0.2) is 4.98 Å². The van der Waals surface area contributed by atoms with Gasteiger partial charge in [0.1, 0.15) is 22.0 Å². The molecule has 1 aliphatic rings. The zero-order valence-electron chi connectivity index (χ0n) is 18.7. The number of halogens is 3. The van der Waals surface area contributed by atoms with Crippen LogP contribution in [0.5, 0.6) is 11.5 Å². The standard InChI is InChI=1S/C23H22F3N3O4S/c1-13-15-6-7-18(23(24,25)26)27-20(15)34-19(13)22(31)29-10-8-28(9-11-29)21(30)16-5-4-14(32-2)12-17(16)33-3/h4-7,12H,8-11H2,1-3H3. The predicted octanol–water partition coefficient (Wildman–Crippen LogP) is 4.24. The molecule has 1 aliphatic heterocycles. The van der Waals surface area contributed by atoms with Crippen LogP contribution in [0.3, 0.4) is 0 Å². The SMILES string of the molecule is COc1ccc(C(=O)N2CCN(C(=O)c3sc4nc(C(F)(F)F)ccc4c3C)CC2)c(OC)c1. The van der Waals surface area contributed by atoms with Gasteiger partial charge in [0.15, 0.2) is 0 Å². The summed E-state index contributed by atoms with van der Waals surface area (Å²) in [5.74, 6) is 0.477. The molecule has 2 amide bonds. The van der Waals surface area contributed by atoms with Crippen LogP contribution in [0.4, 0.5) is 13.2 Å². The molecule has 0 atom stereocenters. The fourth-order valence-corrected chi connectivity index (χ4v) is 5.01. The van der Waals surface area contributed by atoms with E-state index in [1.165, 1.54) is 20.3 Å². The molecule has 0 N–H and O–H groups in total. The van der Waals surface area contributed by atoms with E-state index >= 15 is 0 Å². The average molecular weight is 494 g/mol. The van der Waals surface area contributed by atoms with Gasteiger partial charge in [0.05, 0.1) is 24.7 Å². The number of hydrogen-bond acceptors (Lipinski definition) is 6. The molecule has 1 saturated heterocycles. The Bertz CT molecular complexity index is 1250. The molecule has 1 fully saturated rings. The van der Waals surface area contributed by atoms with Crippen molar-refractivity contribution in [1.29, 1.82) is 0 Å². The summed E-state index contributed by atoms with van der Waals surface area (Å²) >= 11 is 0.957. The van der Waals surface area contributed by atoms with E-state index < -0.39 is 11.9 Å². The molecule has 4 rings (SSSR count). The molecule has 0 saturated carbocycles. The van der Waals surface area contributed by atoms with E-state index in [1.54, 1.807) is 34.9 Å². The molecular formula is C23H22F3N3O4S. The highest BCUT2D eigenvalue weighted by atomic mass is 32.1. The highest BCUT2D eigenvalue weighted by Gasteiger charge is 2.34. The molecule has 34 heavy (non-hydrogen) atoms. The van der Waals surface area contributed by atoms with Gasteiger partial charge in [-0.3, -0.25) is 9.59 Å². The Morgan fingerprint density at radius 1 is 0.971 bits per heavy atom. The molecule has 0 radical (unpaired) electrons. The van der Waals surface area contributed by atoms with Crippen LogP contribution in [0.15, 0.2) is 30.3 Å². The molecule has 2 aromatic heterocycles. The van der Waals surface area contributed by atoms with Crippen LogP contribution in [-0.4, -0.2) is 67.0 Å². The largest absolute Gasteiger partial charge is 0.497 e. The van der Waals surface area contributed by atoms with E-state index in [2.05, 4.69) is 4.98 Å². The van der Waals surface area contributed by atoms with Crippen LogP contribution >= 0.6 is 11.3 Å². The number of amides is 2. The Morgan fingerprint density at radius 2 is 1.62 bits per heavy atom. The summed E-state index contributed by atoms with van der Waals surface area (Å²) in [6, 6.07) is 7.23. The minimum Gasteiger partial charge on any atom is -0.497 e. The van der Waals surface area contributed by atoms with Crippen molar-refractivity contribution in [2.75, 3.05) is 40.4 Å². The summed E-state index contributed by atoms with van der Waals surface area (Å²) in [6.07, 6.45) is -4.55. The van der Waals surface area contributed by atoms with E-state index in [0.29, 0.717) is 59.1 Å². The number of piperazine rings is 1. The Kier molecular flexibility index (Phi) is 6.39. The van der Waals surface area contributed by atoms with Gasteiger partial charge in [0, 0.05) is 37.6 Å². The minimum atomic E-state index is -4.55. The topological polar surface area (TPSA) is 72.0 Å². The smallest absolute Gasteiger partial charge is 0.433 e. The molecule has 1 aromatic carbocycles. The first-order chi connectivity index (χ1) is 16.1. The number of benzene rings is 1. The minimum absolute atomic E-state index is 0.177. The van der Waals surface area contributed by atoms with Crippen LogP contribution in [0.25, 0.3) is 10.2 Å². The number of methoxy groups -OCH3 is 2. The summed E-state index contributed by atoms with van der Waals surface area (Å²) in [7, 11) is 3.00. The zero-order chi connectivity index (χ0) is 24.6. The van der Waals surface area contributed by atoms with Crippen molar-refractivity contribution in [2.24, 2.45) is 0 Å². The first kappa shape index (κ1) is 23.8. The number of aryl methyl sites for hydroxylation is 1. The van der Waals surface area contributed by atoms with E-state index in [4.69, 9.17) is 9.47 Å². The Hall–Kier alpha value is -3.34. The molecule has 3 heterocycles. The third kappa shape index (κ3) is 4.39. The van der Waals surface area contributed by atoms with Gasteiger partial charge >= 0.3 is 6.18 Å². The quantitative estimate of drug-likeness (QED) is 0.544. The number of nitrogens with zero attached hydrogens (tertiary/aromatic N) is 3. The van der Waals surface area contributed by atoms with Crippen LogP contribution < -0.4 is 9.47 Å². The van der Waals surface area contributed by atoms with Crippen molar-refractivity contribution >= 4 is 33.4 Å². The van der Waals surface area contributed by atoms with Crippen LogP contribution in [0.2, 0.25) is 0 Å². The molecular weight excluding hydrogens is 471 g/mol. The number of thiophene rings is 1. The summed E-state index contributed by atoms with van der Waals surface area (Å²) in [5, 5.41) is 0.529. The Morgan fingerprint density at radius 3 is 2.21 bits per heavy atom. The van der Waals surface area contributed by atoms with Crippen LogP contribution in [0, 0.1) is 6.92 Å². The fraction of sp³-hybridized carbons (Fsp3) is 0.348. The normalized spacial score (nSPS) is 14.4. The van der Waals surface area contributed by atoms with E-state index in [0.717, 1.165) is 17.4 Å². The van der Waals surface area contributed by atoms with Gasteiger partial charge in [-0.2, -0.15) is 13.2 Å². The van der Waals surface area contributed by atoms with Gasteiger partial charge in [-0.15, -0.1) is 11.3 Å². The van der Waals surface area contributed by atoms with Gasteiger partial charge in [0.25, 0.3) is 11.8 Å². The third-order valence-corrected chi connectivity index (χ3v) is 6.97. The maximum atomic E-state index is 13.1. The predicted molar refractivity (Wildman–Crippen MR) is 121 cm³/mol. The number of alkyl halides is 3. The van der Waals surface area contributed by atoms with Crippen molar-refractivity contribution in [1.82, 2.24) is 14.8 Å². The number of carbonyl (C=O) groups is 2. The maximum absolute atomic E-state index is 13.1. The lowest BCUT2D eigenvalue weighted by molar-refractivity contribution is -0.140. The Labute approximate surface area is 197 Å².